The fourth-order valence-electron chi connectivity index (χ4n) is 4.01. The molecule has 1 saturated heterocycles. The molecule has 2 aromatic heterocycles. The summed E-state index contributed by atoms with van der Waals surface area (Å²) in [6, 6.07) is 16.9. The van der Waals surface area contributed by atoms with Crippen molar-refractivity contribution >= 4 is 28.4 Å². The highest BCUT2D eigenvalue weighted by atomic mass is 32.2. The lowest BCUT2D eigenvalue weighted by molar-refractivity contribution is -0.129. The molecule has 0 N–H and O–H groups in total. The van der Waals surface area contributed by atoms with Gasteiger partial charge in [0.15, 0.2) is 5.69 Å². The largest absolute Gasteiger partial charge is 0.409 e. The van der Waals surface area contributed by atoms with Crippen LogP contribution in [0.3, 0.4) is 0 Å². The average molecular weight is 462 g/mol. The van der Waals surface area contributed by atoms with Gasteiger partial charge in [0.1, 0.15) is 0 Å². The molecule has 9 heteroatoms. The highest BCUT2D eigenvalue weighted by Crippen LogP contribution is 2.29. The Bertz CT molecular complexity index is 1350. The Morgan fingerprint density at radius 3 is 2.48 bits per heavy atom. The standard InChI is InChI=1S/C24H23N5O3S/c1-16(22(30)28-13-7-8-14-28)33-24-26-25-21(32-24)20-18-11-5-6-12-19(18)23(31)29(27-20)15-17-9-3-2-4-10-17/h2-6,9-12,16H,7-8,13-15H2,1H3. The molecule has 168 valence electrons. The Hall–Kier alpha value is -3.46. The molecule has 0 radical (unpaired) electrons. The van der Waals surface area contributed by atoms with Crippen molar-refractivity contribution in [3.63, 3.8) is 0 Å². The van der Waals surface area contributed by atoms with E-state index in [1.165, 1.54) is 16.4 Å². The van der Waals surface area contributed by atoms with Crippen molar-refractivity contribution < 1.29 is 9.21 Å². The summed E-state index contributed by atoms with van der Waals surface area (Å²) < 4.78 is 7.32. The zero-order valence-corrected chi connectivity index (χ0v) is 19.0. The second-order valence-electron chi connectivity index (χ2n) is 8.01. The number of thioether (sulfide) groups is 1. The van der Waals surface area contributed by atoms with Gasteiger partial charge in [-0.2, -0.15) is 5.10 Å². The van der Waals surface area contributed by atoms with E-state index in [2.05, 4.69) is 15.3 Å². The third-order valence-electron chi connectivity index (χ3n) is 5.70. The van der Waals surface area contributed by atoms with Gasteiger partial charge in [-0.15, -0.1) is 10.2 Å². The van der Waals surface area contributed by atoms with Crippen LogP contribution in [0.2, 0.25) is 0 Å². The number of benzene rings is 2. The van der Waals surface area contributed by atoms with Gasteiger partial charge in [-0.1, -0.05) is 60.3 Å². The molecule has 1 amide bonds. The van der Waals surface area contributed by atoms with E-state index in [1.54, 1.807) is 6.07 Å². The third-order valence-corrected chi connectivity index (χ3v) is 6.62. The summed E-state index contributed by atoms with van der Waals surface area (Å²) in [5.74, 6) is 0.300. The number of likely N-dealkylation sites (tertiary alicyclic amines) is 1. The lowest BCUT2D eigenvalue weighted by Crippen LogP contribution is -2.34. The SMILES string of the molecule is CC(Sc1nnc(-c2nn(Cc3ccccc3)c(=O)c3ccccc23)o1)C(=O)N1CCCC1. The lowest BCUT2D eigenvalue weighted by Gasteiger charge is -2.18. The molecule has 1 unspecified atom stereocenters. The second kappa shape index (κ2) is 9.19. The van der Waals surface area contributed by atoms with Crippen molar-refractivity contribution in [3.05, 3.63) is 70.5 Å². The van der Waals surface area contributed by atoms with Crippen LogP contribution >= 0.6 is 11.8 Å². The van der Waals surface area contributed by atoms with Crippen molar-refractivity contribution in [2.75, 3.05) is 13.1 Å². The van der Waals surface area contributed by atoms with E-state index < -0.39 is 0 Å². The first-order chi connectivity index (χ1) is 16.1. The number of amides is 1. The molecule has 0 bridgehead atoms. The molecule has 4 aromatic rings. The monoisotopic (exact) mass is 461 g/mol. The Morgan fingerprint density at radius 1 is 1.03 bits per heavy atom. The van der Waals surface area contributed by atoms with Gasteiger partial charge in [0, 0.05) is 18.5 Å². The van der Waals surface area contributed by atoms with Crippen molar-refractivity contribution in [1.29, 1.82) is 0 Å². The number of rotatable bonds is 6. The van der Waals surface area contributed by atoms with E-state index in [0.717, 1.165) is 31.5 Å². The van der Waals surface area contributed by atoms with Crippen molar-refractivity contribution in [2.45, 2.75) is 36.8 Å². The average Bonchev–Trinajstić information content (AvgIpc) is 3.54. The fraction of sp³-hybridized carbons (Fsp3) is 0.292. The molecular formula is C24H23N5O3S. The van der Waals surface area contributed by atoms with Gasteiger partial charge in [-0.3, -0.25) is 9.59 Å². The fourth-order valence-corrected chi connectivity index (χ4v) is 4.77. The maximum Gasteiger partial charge on any atom is 0.277 e. The summed E-state index contributed by atoms with van der Waals surface area (Å²) >= 11 is 1.24. The summed E-state index contributed by atoms with van der Waals surface area (Å²) in [5.41, 5.74) is 1.22. The van der Waals surface area contributed by atoms with Gasteiger partial charge in [-0.25, -0.2) is 4.68 Å². The van der Waals surface area contributed by atoms with Gasteiger partial charge in [0.25, 0.3) is 16.7 Å². The molecule has 0 saturated carbocycles. The quantitative estimate of drug-likeness (QED) is 0.405. The molecule has 0 spiro atoms. The zero-order valence-electron chi connectivity index (χ0n) is 18.2. The number of nitrogens with zero attached hydrogens (tertiary/aromatic N) is 5. The molecule has 33 heavy (non-hydrogen) atoms. The Morgan fingerprint density at radius 2 is 1.73 bits per heavy atom. The van der Waals surface area contributed by atoms with Gasteiger partial charge < -0.3 is 9.32 Å². The summed E-state index contributed by atoms with van der Waals surface area (Å²) in [6.07, 6.45) is 2.09. The summed E-state index contributed by atoms with van der Waals surface area (Å²) in [7, 11) is 0. The summed E-state index contributed by atoms with van der Waals surface area (Å²) in [6.45, 7) is 3.78. The van der Waals surface area contributed by atoms with Crippen LogP contribution in [0.15, 0.2) is 69.0 Å². The number of aromatic nitrogens is 4. The summed E-state index contributed by atoms with van der Waals surface area (Å²) in [5, 5.41) is 14.1. The van der Waals surface area contributed by atoms with E-state index in [4.69, 9.17) is 4.42 Å². The van der Waals surface area contributed by atoms with E-state index in [-0.39, 0.29) is 22.6 Å². The van der Waals surface area contributed by atoms with Crippen LogP contribution in [0.1, 0.15) is 25.3 Å². The topological polar surface area (TPSA) is 94.1 Å². The normalized spacial score (nSPS) is 14.6. The number of carbonyl (C=O) groups excluding carboxylic acids is 1. The minimum atomic E-state index is -0.326. The van der Waals surface area contributed by atoms with Gasteiger partial charge in [0.05, 0.1) is 17.2 Å². The van der Waals surface area contributed by atoms with Crippen molar-refractivity contribution in [1.82, 2.24) is 24.9 Å². The maximum absolute atomic E-state index is 13.1. The molecule has 5 rings (SSSR count). The van der Waals surface area contributed by atoms with Crippen LogP contribution in [0.4, 0.5) is 0 Å². The molecule has 3 heterocycles. The lowest BCUT2D eigenvalue weighted by atomic mass is 10.1. The maximum atomic E-state index is 13.1. The van der Waals surface area contributed by atoms with Crippen molar-refractivity contribution in [2.24, 2.45) is 0 Å². The minimum absolute atomic E-state index is 0.0808. The van der Waals surface area contributed by atoms with Crippen LogP contribution in [0, 0.1) is 0 Å². The van der Waals surface area contributed by atoms with E-state index in [9.17, 15) is 9.59 Å². The number of hydrogen-bond acceptors (Lipinski definition) is 7. The molecule has 8 nitrogen and oxygen atoms in total. The van der Waals surface area contributed by atoms with Crippen LogP contribution in [0.5, 0.6) is 0 Å². The smallest absolute Gasteiger partial charge is 0.277 e. The van der Waals surface area contributed by atoms with Crippen LogP contribution in [-0.4, -0.2) is 49.1 Å². The second-order valence-corrected chi connectivity index (χ2v) is 9.30. The first-order valence-electron chi connectivity index (χ1n) is 10.9. The molecular weight excluding hydrogens is 438 g/mol. The highest BCUT2D eigenvalue weighted by Gasteiger charge is 2.26. The molecule has 1 fully saturated rings. The summed E-state index contributed by atoms with van der Waals surface area (Å²) in [4.78, 5) is 27.6. The van der Waals surface area contributed by atoms with Crippen LogP contribution in [-0.2, 0) is 11.3 Å². The Balaban J connectivity index is 1.47. The highest BCUT2D eigenvalue weighted by molar-refractivity contribution is 8.00. The Kier molecular flexibility index (Phi) is 5.95. The number of fused-ring (bicyclic) bond motifs is 1. The molecule has 1 aliphatic heterocycles. The third kappa shape index (κ3) is 4.41. The predicted molar refractivity (Wildman–Crippen MR) is 126 cm³/mol. The first kappa shape index (κ1) is 21.4. The van der Waals surface area contributed by atoms with Gasteiger partial charge >= 0.3 is 0 Å². The van der Waals surface area contributed by atoms with Crippen LogP contribution < -0.4 is 5.56 Å². The zero-order chi connectivity index (χ0) is 22.8. The number of hydrogen-bond donors (Lipinski definition) is 0. The molecule has 1 aliphatic rings. The van der Waals surface area contributed by atoms with E-state index in [0.29, 0.717) is 28.2 Å². The van der Waals surface area contributed by atoms with E-state index >= 15 is 0 Å². The van der Waals surface area contributed by atoms with Crippen LogP contribution in [0.25, 0.3) is 22.4 Å². The first-order valence-corrected chi connectivity index (χ1v) is 11.8. The van der Waals surface area contributed by atoms with Gasteiger partial charge in [0.2, 0.25) is 5.91 Å². The number of carbonyl (C=O) groups is 1. The molecule has 2 aromatic carbocycles. The molecule has 1 atom stereocenters. The van der Waals surface area contributed by atoms with Gasteiger partial charge in [-0.05, 0) is 31.4 Å². The van der Waals surface area contributed by atoms with Crippen molar-refractivity contribution in [3.8, 4) is 11.6 Å². The predicted octanol–water partition coefficient (Wildman–Crippen LogP) is 3.60. The van der Waals surface area contributed by atoms with E-state index in [1.807, 2.05) is 60.4 Å². The minimum Gasteiger partial charge on any atom is -0.409 e. The molecule has 0 aliphatic carbocycles. The Labute approximate surface area is 194 Å².